The van der Waals surface area contributed by atoms with E-state index in [1.54, 1.807) is 32.5 Å². The zero-order valence-corrected chi connectivity index (χ0v) is 18.1. The summed E-state index contributed by atoms with van der Waals surface area (Å²) in [6, 6.07) is 7.83. The van der Waals surface area contributed by atoms with Crippen LogP contribution >= 0.6 is 23.4 Å². The molecular weight excluding hydrogens is 400 g/mol. The van der Waals surface area contributed by atoms with Gasteiger partial charge in [0.05, 0.1) is 5.52 Å². The average molecular weight is 425 g/mol. The minimum atomic E-state index is -0.548. The van der Waals surface area contributed by atoms with Crippen molar-refractivity contribution in [2.24, 2.45) is 0 Å². The van der Waals surface area contributed by atoms with Gasteiger partial charge in [0.2, 0.25) is 0 Å². The maximum absolute atomic E-state index is 11.9. The number of carbonyl (C=O) groups is 2. The van der Waals surface area contributed by atoms with E-state index in [4.69, 9.17) is 21.1 Å². The van der Waals surface area contributed by atoms with Gasteiger partial charge in [-0.2, -0.15) is 0 Å². The zero-order valence-electron chi connectivity index (χ0n) is 16.5. The lowest BCUT2D eigenvalue weighted by molar-refractivity contribution is -0.145. The molecule has 0 unspecified atom stereocenters. The normalized spacial score (nSPS) is 11.3. The smallest absolute Gasteiger partial charge is 0.407 e. The van der Waals surface area contributed by atoms with E-state index < -0.39 is 11.7 Å². The second-order valence-corrected chi connectivity index (χ2v) is 8.43. The van der Waals surface area contributed by atoms with Crippen molar-refractivity contribution in [1.82, 2.24) is 10.3 Å². The molecule has 1 aromatic carbocycles. The quantitative estimate of drug-likeness (QED) is 0.293. The summed E-state index contributed by atoms with van der Waals surface area (Å²) < 4.78 is 10.4. The van der Waals surface area contributed by atoms with E-state index in [9.17, 15) is 9.59 Å². The highest BCUT2D eigenvalue weighted by Crippen LogP contribution is 2.25. The summed E-state index contributed by atoms with van der Waals surface area (Å²) in [7, 11) is 0. The Bertz CT molecular complexity index is 852. The van der Waals surface area contributed by atoms with Crippen molar-refractivity contribution in [2.75, 3.05) is 12.8 Å². The molecule has 28 heavy (non-hydrogen) atoms. The van der Waals surface area contributed by atoms with Crippen molar-refractivity contribution in [3.8, 4) is 0 Å². The molecule has 0 atom stereocenters. The number of fused-ring (bicyclic) bond motifs is 1. The van der Waals surface area contributed by atoms with E-state index in [0.29, 0.717) is 23.7 Å². The van der Waals surface area contributed by atoms with Gasteiger partial charge in [-0.3, -0.25) is 4.79 Å². The lowest BCUT2D eigenvalue weighted by atomic mass is 10.1. The first kappa shape index (κ1) is 22.3. The fourth-order valence-corrected chi connectivity index (χ4v) is 3.00. The molecule has 0 aliphatic carbocycles. The lowest BCUT2D eigenvalue weighted by Gasteiger charge is -2.19. The molecule has 0 saturated carbocycles. The molecule has 0 spiro atoms. The summed E-state index contributed by atoms with van der Waals surface area (Å²) in [5.41, 5.74) is 0.916. The summed E-state index contributed by atoms with van der Waals surface area (Å²) >= 11 is 7.86. The van der Waals surface area contributed by atoms with Crippen LogP contribution < -0.4 is 5.32 Å². The molecule has 0 saturated heterocycles. The molecule has 0 aliphatic heterocycles. The first-order valence-electron chi connectivity index (χ1n) is 8.93. The number of carbonyl (C=O) groups excluding carboxylic acids is 2. The highest BCUT2D eigenvalue weighted by Gasteiger charge is 2.15. The van der Waals surface area contributed by atoms with Crippen LogP contribution in [0.15, 0.2) is 29.2 Å². The monoisotopic (exact) mass is 424 g/mol. The van der Waals surface area contributed by atoms with E-state index >= 15 is 0 Å². The third kappa shape index (κ3) is 7.20. The molecule has 1 aromatic heterocycles. The van der Waals surface area contributed by atoms with Gasteiger partial charge in [-0.1, -0.05) is 17.7 Å². The number of nitrogens with zero attached hydrogens (tertiary/aromatic N) is 1. The topological polar surface area (TPSA) is 77.5 Å². The Morgan fingerprint density at radius 2 is 2.00 bits per heavy atom. The van der Waals surface area contributed by atoms with Crippen LogP contribution in [0, 0.1) is 0 Å². The van der Waals surface area contributed by atoms with Gasteiger partial charge >= 0.3 is 12.1 Å². The van der Waals surface area contributed by atoms with Gasteiger partial charge < -0.3 is 14.8 Å². The van der Waals surface area contributed by atoms with E-state index in [0.717, 1.165) is 15.8 Å². The number of halogens is 1. The van der Waals surface area contributed by atoms with Crippen LogP contribution in [0.1, 0.15) is 39.2 Å². The summed E-state index contributed by atoms with van der Waals surface area (Å²) in [5, 5.41) is 3.87. The Morgan fingerprint density at radius 3 is 2.68 bits per heavy atom. The van der Waals surface area contributed by atoms with Crippen LogP contribution in [0.2, 0.25) is 5.15 Å². The molecule has 8 heteroatoms. The van der Waals surface area contributed by atoms with Gasteiger partial charge in [0.15, 0.2) is 0 Å². The second-order valence-electron chi connectivity index (χ2n) is 7.19. The Labute approximate surface area is 174 Å². The fourth-order valence-electron chi connectivity index (χ4n) is 2.36. The van der Waals surface area contributed by atoms with Crippen LogP contribution in [0.4, 0.5) is 4.79 Å². The van der Waals surface area contributed by atoms with Crippen LogP contribution in [0.25, 0.3) is 10.9 Å². The third-order valence-electron chi connectivity index (χ3n) is 3.67. The SMILES string of the molecule is CSc1ccc2cc(COC(=O)CCCNC(=O)OC(C)(C)C)c(Cl)nc2c1. The predicted octanol–water partition coefficient (Wildman–Crippen LogP) is 4.96. The number of hydrogen-bond donors (Lipinski definition) is 1. The zero-order chi connectivity index (χ0) is 20.7. The summed E-state index contributed by atoms with van der Waals surface area (Å²) in [4.78, 5) is 28.9. The van der Waals surface area contributed by atoms with E-state index in [-0.39, 0.29) is 19.0 Å². The fraction of sp³-hybridized carbons (Fsp3) is 0.450. The maximum atomic E-state index is 11.9. The molecule has 2 rings (SSSR count). The second kappa shape index (κ2) is 9.98. The standard InChI is InChI=1S/C20H25ClN2O4S/c1-20(2,3)27-19(25)22-9-5-6-17(24)26-12-14-10-13-7-8-15(28-4)11-16(13)23-18(14)21/h7-8,10-11H,5-6,9,12H2,1-4H3,(H,22,25). The van der Waals surface area contributed by atoms with Crippen LogP contribution in [-0.2, 0) is 20.9 Å². The minimum absolute atomic E-state index is 0.0599. The number of hydrogen-bond acceptors (Lipinski definition) is 6. The maximum Gasteiger partial charge on any atom is 0.407 e. The molecule has 0 aliphatic rings. The molecule has 0 fully saturated rings. The number of esters is 1. The third-order valence-corrected chi connectivity index (χ3v) is 4.72. The van der Waals surface area contributed by atoms with E-state index in [1.165, 1.54) is 0 Å². The summed E-state index contributed by atoms with van der Waals surface area (Å²) in [6.45, 7) is 5.76. The average Bonchev–Trinajstić information content (AvgIpc) is 2.61. The molecule has 6 nitrogen and oxygen atoms in total. The predicted molar refractivity (Wildman–Crippen MR) is 112 cm³/mol. The van der Waals surface area contributed by atoms with E-state index in [1.807, 2.05) is 30.5 Å². The molecule has 152 valence electrons. The molecule has 1 N–H and O–H groups in total. The van der Waals surface area contributed by atoms with Crippen molar-refractivity contribution in [2.45, 2.75) is 50.7 Å². The number of thioether (sulfide) groups is 1. The Hall–Kier alpha value is -1.99. The van der Waals surface area contributed by atoms with Crippen LogP contribution in [0.5, 0.6) is 0 Å². The largest absolute Gasteiger partial charge is 0.461 e. The number of benzene rings is 1. The Morgan fingerprint density at radius 1 is 1.25 bits per heavy atom. The Kier molecular flexibility index (Phi) is 7.95. The molecule has 1 heterocycles. The number of aromatic nitrogens is 1. The van der Waals surface area contributed by atoms with Gasteiger partial charge in [-0.15, -0.1) is 11.8 Å². The molecule has 0 radical (unpaired) electrons. The first-order valence-corrected chi connectivity index (χ1v) is 10.5. The molecule has 2 aromatic rings. The minimum Gasteiger partial charge on any atom is -0.461 e. The van der Waals surface area contributed by atoms with Gasteiger partial charge in [0, 0.05) is 28.8 Å². The van der Waals surface area contributed by atoms with Crippen LogP contribution in [-0.4, -0.2) is 35.4 Å². The van der Waals surface area contributed by atoms with Gasteiger partial charge in [0.25, 0.3) is 0 Å². The van der Waals surface area contributed by atoms with Crippen molar-refractivity contribution in [1.29, 1.82) is 0 Å². The van der Waals surface area contributed by atoms with Gasteiger partial charge in [0.1, 0.15) is 17.4 Å². The molecular formula is C20H25ClN2O4S. The number of pyridine rings is 1. The van der Waals surface area contributed by atoms with Crippen molar-refractivity contribution in [3.05, 3.63) is 35.0 Å². The molecule has 0 bridgehead atoms. The number of rotatable bonds is 7. The van der Waals surface area contributed by atoms with Crippen molar-refractivity contribution >= 4 is 46.3 Å². The lowest BCUT2D eigenvalue weighted by Crippen LogP contribution is -2.33. The highest BCUT2D eigenvalue weighted by molar-refractivity contribution is 7.98. The Balaban J connectivity index is 1.79. The van der Waals surface area contributed by atoms with Gasteiger partial charge in [-0.25, -0.2) is 9.78 Å². The molecule has 1 amide bonds. The highest BCUT2D eigenvalue weighted by atomic mass is 35.5. The number of ether oxygens (including phenoxy) is 2. The number of nitrogens with one attached hydrogen (secondary N) is 1. The number of amides is 1. The number of alkyl carbamates (subject to hydrolysis) is 1. The summed E-state index contributed by atoms with van der Waals surface area (Å²) in [5.74, 6) is -0.361. The van der Waals surface area contributed by atoms with E-state index in [2.05, 4.69) is 10.3 Å². The van der Waals surface area contributed by atoms with Crippen molar-refractivity contribution < 1.29 is 19.1 Å². The summed E-state index contributed by atoms with van der Waals surface area (Å²) in [6.07, 6.45) is 2.14. The van der Waals surface area contributed by atoms with Gasteiger partial charge in [-0.05, 0) is 51.6 Å². The van der Waals surface area contributed by atoms with Crippen molar-refractivity contribution in [3.63, 3.8) is 0 Å². The first-order chi connectivity index (χ1) is 13.2. The van der Waals surface area contributed by atoms with Crippen LogP contribution in [0.3, 0.4) is 0 Å².